The van der Waals surface area contributed by atoms with Crippen LogP contribution in [0.15, 0.2) is 54.7 Å². The number of aromatic amines is 1. The molecule has 2 aromatic carbocycles. The summed E-state index contributed by atoms with van der Waals surface area (Å²) in [5.41, 5.74) is 4.08. The highest BCUT2D eigenvalue weighted by atomic mass is 16.5. The number of fused-ring (bicyclic) bond motifs is 1. The number of amides is 1. The average molecular weight is 488 g/mol. The maximum atomic E-state index is 12.7. The van der Waals surface area contributed by atoms with Crippen molar-refractivity contribution in [2.45, 2.75) is 18.9 Å². The van der Waals surface area contributed by atoms with Gasteiger partial charge in [-0.1, -0.05) is 6.07 Å². The van der Waals surface area contributed by atoms with E-state index in [0.717, 1.165) is 49.1 Å². The standard InChI is InChI=1S/C27H29N5O4/c1-36-27-20(3-2-10-29-27)17-5-7-24(34)21(15-17)25-30-22-6-4-18(16-23(22)31-25)26(35)28-11-14-32-12-8-19(33)9-13-32/h2-7,10,15-16,19,33-34H,8-9,11-14H2,1H3,(H,28,35)(H,30,31). The molecule has 0 bridgehead atoms. The average Bonchev–Trinajstić information content (AvgIpc) is 3.33. The molecule has 1 amide bonds. The highest BCUT2D eigenvalue weighted by molar-refractivity contribution is 5.97. The third-order valence-electron chi connectivity index (χ3n) is 6.54. The lowest BCUT2D eigenvalue weighted by Gasteiger charge is -2.29. The summed E-state index contributed by atoms with van der Waals surface area (Å²) in [6, 6.07) is 14.3. The normalized spacial score (nSPS) is 14.7. The molecule has 4 aromatic rings. The smallest absolute Gasteiger partial charge is 0.251 e. The summed E-state index contributed by atoms with van der Waals surface area (Å²) in [6.07, 6.45) is 3.01. The van der Waals surface area contributed by atoms with E-state index in [0.29, 0.717) is 34.9 Å². The molecule has 0 spiro atoms. The van der Waals surface area contributed by atoms with Crippen molar-refractivity contribution in [3.63, 3.8) is 0 Å². The van der Waals surface area contributed by atoms with Gasteiger partial charge in [-0.15, -0.1) is 0 Å². The van der Waals surface area contributed by atoms with Gasteiger partial charge in [0.2, 0.25) is 5.88 Å². The highest BCUT2D eigenvalue weighted by Gasteiger charge is 2.18. The minimum absolute atomic E-state index is 0.0869. The molecule has 9 heteroatoms. The number of hydrogen-bond donors (Lipinski definition) is 4. The number of hydrogen-bond acceptors (Lipinski definition) is 7. The largest absolute Gasteiger partial charge is 0.507 e. The number of aliphatic hydroxyl groups excluding tert-OH is 1. The number of methoxy groups -OCH3 is 1. The number of piperidine rings is 1. The van der Waals surface area contributed by atoms with Crippen molar-refractivity contribution in [2.24, 2.45) is 0 Å². The number of pyridine rings is 1. The first kappa shape index (κ1) is 23.8. The lowest BCUT2D eigenvalue weighted by molar-refractivity contribution is 0.0804. The van der Waals surface area contributed by atoms with Gasteiger partial charge in [0.15, 0.2) is 0 Å². The third kappa shape index (κ3) is 5.02. The molecule has 3 heterocycles. The second-order valence-corrected chi connectivity index (χ2v) is 8.94. The number of nitrogens with zero attached hydrogens (tertiary/aromatic N) is 3. The fraction of sp³-hybridized carbons (Fsp3) is 0.296. The van der Waals surface area contributed by atoms with Crippen LogP contribution in [0, 0.1) is 0 Å². The van der Waals surface area contributed by atoms with Gasteiger partial charge in [-0.25, -0.2) is 9.97 Å². The summed E-state index contributed by atoms with van der Waals surface area (Å²) in [4.78, 5) is 27.1. The molecule has 1 saturated heterocycles. The number of aromatic hydroxyl groups is 1. The number of nitrogens with one attached hydrogen (secondary N) is 2. The molecule has 1 aliphatic heterocycles. The molecule has 36 heavy (non-hydrogen) atoms. The Hall–Kier alpha value is -3.95. The molecule has 0 saturated carbocycles. The lowest BCUT2D eigenvalue weighted by Crippen LogP contribution is -2.40. The Kier molecular flexibility index (Phi) is 6.84. The van der Waals surface area contributed by atoms with Gasteiger partial charge >= 0.3 is 0 Å². The first-order chi connectivity index (χ1) is 17.5. The van der Waals surface area contributed by atoms with Crippen molar-refractivity contribution in [3.8, 4) is 34.1 Å². The highest BCUT2D eigenvalue weighted by Crippen LogP contribution is 2.35. The maximum absolute atomic E-state index is 12.7. The van der Waals surface area contributed by atoms with Crippen LogP contribution in [0.1, 0.15) is 23.2 Å². The lowest BCUT2D eigenvalue weighted by atomic mass is 10.0. The predicted octanol–water partition coefficient (Wildman–Crippen LogP) is 3.19. The van der Waals surface area contributed by atoms with E-state index in [9.17, 15) is 15.0 Å². The molecule has 0 unspecified atom stereocenters. The minimum atomic E-state index is -0.205. The molecule has 0 radical (unpaired) electrons. The van der Waals surface area contributed by atoms with Crippen LogP contribution in [0.5, 0.6) is 11.6 Å². The van der Waals surface area contributed by atoms with Crippen LogP contribution >= 0.6 is 0 Å². The number of likely N-dealkylation sites (tertiary alicyclic amines) is 1. The molecule has 186 valence electrons. The van der Waals surface area contributed by atoms with E-state index in [1.165, 1.54) is 0 Å². The fourth-order valence-electron chi connectivity index (χ4n) is 4.51. The Bertz CT molecular complexity index is 1380. The SMILES string of the molecule is COc1ncccc1-c1ccc(O)c(-c2nc3cc(C(=O)NCCN4CCC(O)CC4)ccc3[nH]2)c1. The molecule has 5 rings (SSSR count). The fourth-order valence-corrected chi connectivity index (χ4v) is 4.51. The molecule has 4 N–H and O–H groups in total. The Morgan fingerprint density at radius 3 is 2.81 bits per heavy atom. The molecule has 2 aromatic heterocycles. The van der Waals surface area contributed by atoms with Crippen LogP contribution in [0.3, 0.4) is 0 Å². The van der Waals surface area contributed by atoms with Crippen molar-refractivity contribution >= 4 is 16.9 Å². The third-order valence-corrected chi connectivity index (χ3v) is 6.54. The quantitative estimate of drug-likeness (QED) is 0.316. The summed E-state index contributed by atoms with van der Waals surface area (Å²) in [6.45, 7) is 2.99. The molecule has 0 atom stereocenters. The van der Waals surface area contributed by atoms with E-state index >= 15 is 0 Å². The molecule has 1 aliphatic rings. The molecular formula is C27H29N5O4. The minimum Gasteiger partial charge on any atom is -0.507 e. The van der Waals surface area contributed by atoms with Gasteiger partial charge in [-0.2, -0.15) is 0 Å². The van der Waals surface area contributed by atoms with Crippen LogP contribution < -0.4 is 10.1 Å². The first-order valence-electron chi connectivity index (χ1n) is 12.0. The van der Waals surface area contributed by atoms with Gasteiger partial charge in [0.25, 0.3) is 5.91 Å². The summed E-state index contributed by atoms with van der Waals surface area (Å²) >= 11 is 0. The number of H-pyrrole nitrogens is 1. The number of aromatic nitrogens is 3. The molecule has 9 nitrogen and oxygen atoms in total. The van der Waals surface area contributed by atoms with Crippen molar-refractivity contribution in [2.75, 3.05) is 33.3 Å². The van der Waals surface area contributed by atoms with Gasteiger partial charge in [0.05, 0.1) is 29.8 Å². The summed E-state index contributed by atoms with van der Waals surface area (Å²) in [5, 5.41) is 23.2. The van der Waals surface area contributed by atoms with Crippen molar-refractivity contribution in [1.82, 2.24) is 25.2 Å². The van der Waals surface area contributed by atoms with E-state index < -0.39 is 0 Å². The van der Waals surface area contributed by atoms with Crippen LogP contribution in [0.25, 0.3) is 33.5 Å². The van der Waals surface area contributed by atoms with Gasteiger partial charge in [-0.3, -0.25) is 4.79 Å². The number of benzene rings is 2. The van der Waals surface area contributed by atoms with Crippen LogP contribution in [-0.4, -0.2) is 75.4 Å². The number of phenols is 1. The second-order valence-electron chi connectivity index (χ2n) is 8.94. The molecule has 0 aliphatic carbocycles. The van der Waals surface area contributed by atoms with Crippen molar-refractivity contribution < 1.29 is 19.7 Å². The van der Waals surface area contributed by atoms with Crippen LogP contribution in [0.2, 0.25) is 0 Å². The number of rotatable bonds is 7. The summed E-state index contributed by atoms with van der Waals surface area (Å²) in [5.74, 6) is 0.917. The predicted molar refractivity (Wildman–Crippen MR) is 137 cm³/mol. The molecular weight excluding hydrogens is 458 g/mol. The monoisotopic (exact) mass is 487 g/mol. The van der Waals surface area contributed by atoms with E-state index in [4.69, 9.17) is 4.74 Å². The Morgan fingerprint density at radius 1 is 1.17 bits per heavy atom. The van der Waals surface area contributed by atoms with E-state index in [1.54, 1.807) is 37.6 Å². The van der Waals surface area contributed by atoms with Gasteiger partial charge < -0.3 is 30.2 Å². The number of carbonyl (C=O) groups excluding carboxylic acids is 1. The topological polar surface area (TPSA) is 124 Å². The Balaban J connectivity index is 1.33. The van der Waals surface area contributed by atoms with Gasteiger partial charge in [0, 0.05) is 43.5 Å². The zero-order valence-corrected chi connectivity index (χ0v) is 20.1. The van der Waals surface area contributed by atoms with E-state index in [2.05, 4.69) is 25.2 Å². The van der Waals surface area contributed by atoms with Gasteiger partial charge in [-0.05, 0) is 60.9 Å². The zero-order chi connectivity index (χ0) is 25.1. The maximum Gasteiger partial charge on any atom is 0.251 e. The van der Waals surface area contributed by atoms with E-state index in [-0.39, 0.29) is 17.8 Å². The van der Waals surface area contributed by atoms with Crippen molar-refractivity contribution in [3.05, 3.63) is 60.3 Å². The number of carbonyl (C=O) groups is 1. The van der Waals surface area contributed by atoms with E-state index in [1.807, 2.05) is 24.3 Å². The summed E-state index contributed by atoms with van der Waals surface area (Å²) < 4.78 is 5.38. The molecule has 1 fully saturated rings. The first-order valence-corrected chi connectivity index (χ1v) is 12.0. The summed E-state index contributed by atoms with van der Waals surface area (Å²) in [7, 11) is 1.57. The van der Waals surface area contributed by atoms with Gasteiger partial charge in [0.1, 0.15) is 11.6 Å². The van der Waals surface area contributed by atoms with Crippen molar-refractivity contribution in [1.29, 1.82) is 0 Å². The number of imidazole rings is 1. The number of phenolic OH excluding ortho intramolecular Hbond substituents is 1. The Morgan fingerprint density at radius 2 is 2.00 bits per heavy atom. The van der Waals surface area contributed by atoms with Crippen LogP contribution in [-0.2, 0) is 0 Å². The zero-order valence-electron chi connectivity index (χ0n) is 20.1. The number of aliphatic hydroxyl groups is 1. The Labute approximate surface area is 208 Å². The second kappa shape index (κ2) is 10.3. The number of ether oxygens (including phenoxy) is 1. The van der Waals surface area contributed by atoms with Crippen LogP contribution in [0.4, 0.5) is 0 Å².